The Kier molecular flexibility index (Phi) is 2.04. The van der Waals surface area contributed by atoms with Gasteiger partial charge in [-0.1, -0.05) is 6.07 Å². The smallest absolute Gasteiger partial charge is 0.126 e. The van der Waals surface area contributed by atoms with Gasteiger partial charge in [0.05, 0.1) is 12.5 Å². The van der Waals surface area contributed by atoms with Crippen LogP contribution in [0.1, 0.15) is 11.1 Å². The van der Waals surface area contributed by atoms with Crippen LogP contribution in [0.2, 0.25) is 0 Å². The van der Waals surface area contributed by atoms with Crippen molar-refractivity contribution in [3.8, 4) is 16.9 Å². The number of phenols is 1. The predicted octanol–water partition coefficient (Wildman–Crippen LogP) is 3.27. The highest BCUT2D eigenvalue weighted by Crippen LogP contribution is 2.33. The molecule has 1 N–H and O–H groups in total. The molecule has 0 amide bonds. The average Bonchev–Trinajstić information content (AvgIpc) is 2.63. The van der Waals surface area contributed by atoms with Crippen LogP contribution in [-0.4, -0.2) is 5.11 Å². The summed E-state index contributed by atoms with van der Waals surface area (Å²) in [5.74, 6) is 0.331. The minimum atomic E-state index is 0.331. The van der Waals surface area contributed by atoms with Gasteiger partial charge in [-0.2, -0.15) is 0 Å². The fourth-order valence-corrected chi connectivity index (χ4v) is 1.60. The van der Waals surface area contributed by atoms with Crippen molar-refractivity contribution in [2.75, 3.05) is 0 Å². The van der Waals surface area contributed by atoms with Gasteiger partial charge in [0.25, 0.3) is 0 Å². The SMILES string of the molecule is Cc1cc(C)c(O)c(-c2ccoc2)c1. The summed E-state index contributed by atoms with van der Waals surface area (Å²) in [6.45, 7) is 3.90. The molecule has 0 saturated heterocycles. The molecule has 0 bridgehead atoms. The van der Waals surface area contributed by atoms with Crippen LogP contribution in [0.4, 0.5) is 0 Å². The molecule has 1 heterocycles. The average molecular weight is 188 g/mol. The Morgan fingerprint density at radius 2 is 2.00 bits per heavy atom. The van der Waals surface area contributed by atoms with E-state index in [-0.39, 0.29) is 0 Å². The number of aromatic hydroxyl groups is 1. The number of hydrogen-bond acceptors (Lipinski definition) is 2. The molecule has 1 aromatic heterocycles. The van der Waals surface area contributed by atoms with Gasteiger partial charge in [0.15, 0.2) is 0 Å². The first-order chi connectivity index (χ1) is 6.68. The molecule has 0 fully saturated rings. The molecule has 2 aromatic rings. The minimum absolute atomic E-state index is 0.331. The van der Waals surface area contributed by atoms with Crippen molar-refractivity contribution in [2.24, 2.45) is 0 Å². The highest BCUT2D eigenvalue weighted by atomic mass is 16.3. The van der Waals surface area contributed by atoms with Gasteiger partial charge in [0.1, 0.15) is 5.75 Å². The maximum atomic E-state index is 9.85. The van der Waals surface area contributed by atoms with Gasteiger partial charge in [0, 0.05) is 11.1 Å². The van der Waals surface area contributed by atoms with Crippen LogP contribution in [0.25, 0.3) is 11.1 Å². The van der Waals surface area contributed by atoms with E-state index in [4.69, 9.17) is 4.42 Å². The molecule has 0 radical (unpaired) electrons. The van der Waals surface area contributed by atoms with Crippen molar-refractivity contribution in [2.45, 2.75) is 13.8 Å². The fourth-order valence-electron chi connectivity index (χ4n) is 1.60. The lowest BCUT2D eigenvalue weighted by molar-refractivity contribution is 0.473. The zero-order chi connectivity index (χ0) is 10.1. The third-order valence-electron chi connectivity index (χ3n) is 2.28. The first kappa shape index (κ1) is 8.88. The van der Waals surface area contributed by atoms with Gasteiger partial charge < -0.3 is 9.52 Å². The van der Waals surface area contributed by atoms with Crippen molar-refractivity contribution < 1.29 is 9.52 Å². The lowest BCUT2D eigenvalue weighted by atomic mass is 10.0. The first-order valence-corrected chi connectivity index (χ1v) is 4.51. The Labute approximate surface area is 82.8 Å². The summed E-state index contributed by atoms with van der Waals surface area (Å²) >= 11 is 0. The number of furan rings is 1. The van der Waals surface area contributed by atoms with Gasteiger partial charge >= 0.3 is 0 Å². The van der Waals surface area contributed by atoms with Crippen LogP contribution in [0, 0.1) is 13.8 Å². The second-order valence-corrected chi connectivity index (χ2v) is 3.49. The highest BCUT2D eigenvalue weighted by Gasteiger charge is 2.08. The minimum Gasteiger partial charge on any atom is -0.507 e. The second kappa shape index (κ2) is 3.22. The Morgan fingerprint density at radius 1 is 1.21 bits per heavy atom. The Morgan fingerprint density at radius 3 is 2.64 bits per heavy atom. The lowest BCUT2D eigenvalue weighted by Crippen LogP contribution is -1.83. The molecular formula is C12H12O2. The quantitative estimate of drug-likeness (QED) is 0.745. The molecule has 72 valence electrons. The monoisotopic (exact) mass is 188 g/mol. The largest absolute Gasteiger partial charge is 0.507 e. The van der Waals surface area contributed by atoms with Gasteiger partial charge in [0.2, 0.25) is 0 Å². The highest BCUT2D eigenvalue weighted by molar-refractivity contribution is 5.71. The Hall–Kier alpha value is -1.70. The van der Waals surface area contributed by atoms with Crippen molar-refractivity contribution in [3.63, 3.8) is 0 Å². The van der Waals surface area contributed by atoms with Crippen molar-refractivity contribution in [1.82, 2.24) is 0 Å². The molecule has 0 aliphatic heterocycles. The summed E-state index contributed by atoms with van der Waals surface area (Å²) < 4.78 is 4.99. The van der Waals surface area contributed by atoms with Crippen LogP contribution in [0.15, 0.2) is 35.1 Å². The molecule has 0 aliphatic carbocycles. The number of rotatable bonds is 1. The van der Waals surface area contributed by atoms with Crippen LogP contribution in [-0.2, 0) is 0 Å². The number of hydrogen-bond donors (Lipinski definition) is 1. The van der Waals surface area contributed by atoms with E-state index in [1.807, 2.05) is 32.0 Å². The normalized spacial score (nSPS) is 10.4. The zero-order valence-corrected chi connectivity index (χ0v) is 8.24. The molecule has 1 aromatic carbocycles. The number of phenolic OH excluding ortho intramolecular Hbond substituents is 1. The number of benzene rings is 1. The zero-order valence-electron chi connectivity index (χ0n) is 8.24. The van der Waals surface area contributed by atoms with Gasteiger partial charge in [-0.25, -0.2) is 0 Å². The third kappa shape index (κ3) is 1.39. The van der Waals surface area contributed by atoms with E-state index in [0.717, 1.165) is 22.3 Å². The van der Waals surface area contributed by atoms with Crippen LogP contribution in [0.5, 0.6) is 5.75 Å². The summed E-state index contributed by atoms with van der Waals surface area (Å²) in [5, 5.41) is 9.85. The fraction of sp³-hybridized carbons (Fsp3) is 0.167. The molecule has 0 atom stereocenters. The molecule has 2 heteroatoms. The van der Waals surface area contributed by atoms with E-state index in [2.05, 4.69) is 0 Å². The van der Waals surface area contributed by atoms with E-state index in [1.54, 1.807) is 12.5 Å². The van der Waals surface area contributed by atoms with Crippen molar-refractivity contribution >= 4 is 0 Å². The van der Waals surface area contributed by atoms with E-state index in [1.165, 1.54) is 0 Å². The van der Waals surface area contributed by atoms with Crippen molar-refractivity contribution in [1.29, 1.82) is 0 Å². The predicted molar refractivity (Wildman–Crippen MR) is 55.3 cm³/mol. The molecule has 0 unspecified atom stereocenters. The molecule has 0 spiro atoms. The summed E-state index contributed by atoms with van der Waals surface area (Å²) in [6, 6.07) is 5.75. The molecule has 0 saturated carbocycles. The maximum absolute atomic E-state index is 9.85. The maximum Gasteiger partial charge on any atom is 0.126 e. The topological polar surface area (TPSA) is 33.4 Å². The molecule has 0 aliphatic rings. The third-order valence-corrected chi connectivity index (χ3v) is 2.28. The number of aryl methyl sites for hydroxylation is 2. The van der Waals surface area contributed by atoms with E-state index >= 15 is 0 Å². The summed E-state index contributed by atoms with van der Waals surface area (Å²) in [4.78, 5) is 0. The van der Waals surface area contributed by atoms with Crippen LogP contribution in [0.3, 0.4) is 0 Å². The standard InChI is InChI=1S/C12H12O2/c1-8-5-9(2)12(13)11(6-8)10-3-4-14-7-10/h3-7,13H,1-2H3. The summed E-state index contributed by atoms with van der Waals surface area (Å²) in [7, 11) is 0. The van der Waals surface area contributed by atoms with Crippen molar-refractivity contribution in [3.05, 3.63) is 41.9 Å². The molecule has 2 rings (SSSR count). The Balaban J connectivity index is 2.64. The van der Waals surface area contributed by atoms with Gasteiger partial charge in [-0.15, -0.1) is 0 Å². The summed E-state index contributed by atoms with van der Waals surface area (Å²) in [5.41, 5.74) is 3.77. The molecule has 14 heavy (non-hydrogen) atoms. The van der Waals surface area contributed by atoms with Crippen LogP contribution >= 0.6 is 0 Å². The molecular weight excluding hydrogens is 176 g/mol. The van der Waals surface area contributed by atoms with E-state index in [0.29, 0.717) is 5.75 Å². The lowest BCUT2D eigenvalue weighted by Gasteiger charge is -2.06. The van der Waals surface area contributed by atoms with E-state index in [9.17, 15) is 5.11 Å². The summed E-state index contributed by atoms with van der Waals surface area (Å²) in [6.07, 6.45) is 3.24. The van der Waals surface area contributed by atoms with Gasteiger partial charge in [-0.05, 0) is 37.1 Å². The van der Waals surface area contributed by atoms with Crippen LogP contribution < -0.4 is 0 Å². The van der Waals surface area contributed by atoms with Gasteiger partial charge in [-0.3, -0.25) is 0 Å². The second-order valence-electron chi connectivity index (χ2n) is 3.49. The van der Waals surface area contributed by atoms with E-state index < -0.39 is 0 Å². The first-order valence-electron chi connectivity index (χ1n) is 4.51. The molecule has 2 nitrogen and oxygen atoms in total. The Bertz CT molecular complexity index is 442.